The third kappa shape index (κ3) is 2.95. The fraction of sp³-hybridized carbons (Fsp3) is 0.333. The first-order valence-corrected chi connectivity index (χ1v) is 6.76. The maximum absolute atomic E-state index is 12.0. The van der Waals surface area contributed by atoms with E-state index in [0.29, 0.717) is 12.3 Å². The summed E-state index contributed by atoms with van der Waals surface area (Å²) in [6.07, 6.45) is 2.54. The summed E-state index contributed by atoms with van der Waals surface area (Å²) < 4.78 is 5.38. The molecule has 0 spiro atoms. The number of pyridine rings is 1. The number of aromatic nitrogens is 1. The number of ether oxygens (including phenoxy) is 1. The molecule has 1 aromatic heterocycles. The molecular formula is C15H16N2O3. The van der Waals surface area contributed by atoms with Crippen molar-refractivity contribution in [2.75, 3.05) is 6.61 Å². The van der Waals surface area contributed by atoms with Gasteiger partial charge < -0.3 is 4.74 Å². The van der Waals surface area contributed by atoms with Gasteiger partial charge in [-0.1, -0.05) is 24.3 Å². The lowest BCUT2D eigenvalue weighted by molar-refractivity contribution is -0.186. The van der Waals surface area contributed by atoms with E-state index in [0.717, 1.165) is 30.2 Å². The van der Waals surface area contributed by atoms with E-state index in [4.69, 9.17) is 9.57 Å². The van der Waals surface area contributed by atoms with Crippen LogP contribution in [-0.4, -0.2) is 23.8 Å². The van der Waals surface area contributed by atoms with Crippen LogP contribution in [0.4, 0.5) is 0 Å². The van der Waals surface area contributed by atoms with Gasteiger partial charge in [-0.25, -0.2) is 15.3 Å². The second kappa shape index (κ2) is 5.98. The van der Waals surface area contributed by atoms with Crippen molar-refractivity contribution in [2.24, 2.45) is 0 Å². The minimum Gasteiger partial charge on any atom is -0.350 e. The lowest BCUT2D eigenvalue weighted by Gasteiger charge is -2.21. The number of fused-ring (bicyclic) bond motifs is 1. The van der Waals surface area contributed by atoms with Crippen LogP contribution in [0.15, 0.2) is 36.4 Å². The van der Waals surface area contributed by atoms with Crippen molar-refractivity contribution in [1.29, 1.82) is 0 Å². The largest absolute Gasteiger partial charge is 0.350 e. The number of benzene rings is 1. The van der Waals surface area contributed by atoms with Gasteiger partial charge >= 0.3 is 0 Å². The van der Waals surface area contributed by atoms with Crippen molar-refractivity contribution >= 4 is 16.8 Å². The molecule has 1 aliphatic rings. The molecule has 1 atom stereocenters. The quantitative estimate of drug-likeness (QED) is 0.872. The highest BCUT2D eigenvalue weighted by Crippen LogP contribution is 2.14. The summed E-state index contributed by atoms with van der Waals surface area (Å²) in [6, 6.07) is 11.2. The molecular weight excluding hydrogens is 256 g/mol. The smallest absolute Gasteiger partial charge is 0.293 e. The normalized spacial score (nSPS) is 18.9. The molecule has 1 fully saturated rings. The lowest BCUT2D eigenvalue weighted by atomic mass is 10.2. The molecule has 0 aliphatic carbocycles. The van der Waals surface area contributed by atoms with Crippen LogP contribution in [0.2, 0.25) is 0 Å². The summed E-state index contributed by atoms with van der Waals surface area (Å²) in [5.41, 5.74) is 3.53. The van der Waals surface area contributed by atoms with Gasteiger partial charge in [0, 0.05) is 18.4 Å². The molecule has 2 heterocycles. The highest BCUT2D eigenvalue weighted by molar-refractivity contribution is 5.94. The summed E-state index contributed by atoms with van der Waals surface area (Å²) in [7, 11) is 0. The second-order valence-corrected chi connectivity index (χ2v) is 4.73. The van der Waals surface area contributed by atoms with Crippen molar-refractivity contribution in [3.05, 3.63) is 42.1 Å². The Labute approximate surface area is 116 Å². The molecule has 1 amide bonds. The molecule has 104 valence electrons. The SMILES string of the molecule is O=C(NO[C@@H]1CCCCO1)c1ccc2ccccc2n1. The van der Waals surface area contributed by atoms with E-state index >= 15 is 0 Å². The van der Waals surface area contributed by atoms with E-state index < -0.39 is 0 Å². The van der Waals surface area contributed by atoms with Crippen molar-refractivity contribution in [2.45, 2.75) is 25.6 Å². The van der Waals surface area contributed by atoms with Crippen LogP contribution in [0.5, 0.6) is 0 Å². The number of para-hydroxylation sites is 1. The standard InChI is InChI=1S/C15H16N2O3/c18-15(17-20-14-7-3-4-10-19-14)13-9-8-11-5-1-2-6-12(11)16-13/h1-2,5-6,8-9,14H,3-4,7,10H2,(H,17,18)/t14-/m1/s1. The maximum Gasteiger partial charge on any atom is 0.293 e. The van der Waals surface area contributed by atoms with Gasteiger partial charge in [-0.05, 0) is 25.0 Å². The van der Waals surface area contributed by atoms with Crippen LogP contribution in [0, 0.1) is 0 Å². The number of carbonyl (C=O) groups is 1. The molecule has 0 saturated carbocycles. The molecule has 0 unspecified atom stereocenters. The monoisotopic (exact) mass is 272 g/mol. The van der Waals surface area contributed by atoms with Gasteiger partial charge in [0.15, 0.2) is 6.29 Å². The first-order chi connectivity index (χ1) is 9.83. The second-order valence-electron chi connectivity index (χ2n) is 4.73. The van der Waals surface area contributed by atoms with Crippen molar-refractivity contribution < 1.29 is 14.4 Å². The molecule has 5 heteroatoms. The summed E-state index contributed by atoms with van der Waals surface area (Å²) in [5, 5.41) is 1.00. The van der Waals surface area contributed by atoms with Crippen LogP contribution < -0.4 is 5.48 Å². The predicted octanol–water partition coefficient (Wildman–Crippen LogP) is 2.42. The van der Waals surface area contributed by atoms with Gasteiger partial charge in [0.2, 0.25) is 0 Å². The Hall–Kier alpha value is -1.98. The fourth-order valence-electron chi connectivity index (χ4n) is 2.17. The Morgan fingerprint density at radius 3 is 3.00 bits per heavy atom. The van der Waals surface area contributed by atoms with Gasteiger partial charge in [0.1, 0.15) is 5.69 Å². The first kappa shape index (κ1) is 13.0. The van der Waals surface area contributed by atoms with E-state index in [-0.39, 0.29) is 12.2 Å². The molecule has 2 aromatic rings. The van der Waals surface area contributed by atoms with Crippen molar-refractivity contribution in [3.63, 3.8) is 0 Å². The number of hydroxylamine groups is 1. The molecule has 3 rings (SSSR count). The number of nitrogens with zero attached hydrogens (tertiary/aromatic N) is 1. The highest BCUT2D eigenvalue weighted by Gasteiger charge is 2.16. The molecule has 0 bridgehead atoms. The topological polar surface area (TPSA) is 60.5 Å². The zero-order chi connectivity index (χ0) is 13.8. The van der Waals surface area contributed by atoms with Gasteiger partial charge in [-0.3, -0.25) is 4.79 Å². The third-order valence-electron chi connectivity index (χ3n) is 3.25. The predicted molar refractivity (Wildman–Crippen MR) is 73.9 cm³/mol. The zero-order valence-electron chi connectivity index (χ0n) is 11.0. The number of carbonyl (C=O) groups excluding carboxylic acids is 1. The highest BCUT2D eigenvalue weighted by atomic mass is 16.8. The fourth-order valence-corrected chi connectivity index (χ4v) is 2.17. The van der Waals surface area contributed by atoms with Crippen LogP contribution in [-0.2, 0) is 9.57 Å². The van der Waals surface area contributed by atoms with E-state index in [1.165, 1.54) is 0 Å². The number of hydrogen-bond acceptors (Lipinski definition) is 4. The molecule has 1 aliphatic heterocycles. The van der Waals surface area contributed by atoms with Crippen LogP contribution in [0.25, 0.3) is 10.9 Å². The van der Waals surface area contributed by atoms with Crippen LogP contribution in [0.3, 0.4) is 0 Å². The molecule has 1 saturated heterocycles. The third-order valence-corrected chi connectivity index (χ3v) is 3.25. The Bertz CT molecular complexity index is 609. The summed E-state index contributed by atoms with van der Waals surface area (Å²) in [5.74, 6) is -0.357. The first-order valence-electron chi connectivity index (χ1n) is 6.76. The zero-order valence-corrected chi connectivity index (χ0v) is 11.0. The van der Waals surface area contributed by atoms with Gasteiger partial charge in [-0.2, -0.15) is 0 Å². The van der Waals surface area contributed by atoms with Gasteiger partial charge in [-0.15, -0.1) is 0 Å². The van der Waals surface area contributed by atoms with E-state index in [1.807, 2.05) is 30.3 Å². The van der Waals surface area contributed by atoms with E-state index in [2.05, 4.69) is 10.5 Å². The molecule has 20 heavy (non-hydrogen) atoms. The Morgan fingerprint density at radius 2 is 2.15 bits per heavy atom. The average Bonchev–Trinajstić information content (AvgIpc) is 2.53. The Balaban J connectivity index is 1.65. The number of hydrogen-bond donors (Lipinski definition) is 1. The van der Waals surface area contributed by atoms with Crippen molar-refractivity contribution in [1.82, 2.24) is 10.5 Å². The Morgan fingerprint density at radius 1 is 1.25 bits per heavy atom. The lowest BCUT2D eigenvalue weighted by Crippen LogP contribution is -2.33. The van der Waals surface area contributed by atoms with E-state index in [9.17, 15) is 4.79 Å². The Kier molecular flexibility index (Phi) is 3.90. The average molecular weight is 272 g/mol. The molecule has 1 N–H and O–H groups in total. The summed E-state index contributed by atoms with van der Waals surface area (Å²) >= 11 is 0. The number of rotatable bonds is 3. The number of amides is 1. The van der Waals surface area contributed by atoms with Crippen LogP contribution in [0.1, 0.15) is 29.8 Å². The molecule has 5 nitrogen and oxygen atoms in total. The van der Waals surface area contributed by atoms with Gasteiger partial charge in [0.25, 0.3) is 5.91 Å². The molecule has 0 radical (unpaired) electrons. The van der Waals surface area contributed by atoms with Gasteiger partial charge in [0.05, 0.1) is 5.52 Å². The summed E-state index contributed by atoms with van der Waals surface area (Å²) in [4.78, 5) is 21.5. The molecule has 1 aromatic carbocycles. The minimum atomic E-state index is -0.357. The van der Waals surface area contributed by atoms with Crippen molar-refractivity contribution in [3.8, 4) is 0 Å². The summed E-state index contributed by atoms with van der Waals surface area (Å²) in [6.45, 7) is 0.675. The minimum absolute atomic E-state index is 0.333. The maximum atomic E-state index is 12.0. The number of nitrogens with one attached hydrogen (secondary N) is 1. The van der Waals surface area contributed by atoms with E-state index in [1.54, 1.807) is 6.07 Å². The van der Waals surface area contributed by atoms with Crippen LogP contribution >= 0.6 is 0 Å².